The maximum atomic E-state index is 14.0. The number of rotatable bonds is 6. The lowest BCUT2D eigenvalue weighted by Gasteiger charge is -2.52. The van der Waals surface area contributed by atoms with Gasteiger partial charge in [-0.2, -0.15) is 0 Å². The molecule has 2 saturated heterocycles. The molecule has 39 heavy (non-hydrogen) atoms. The molecule has 198 valence electrons. The number of amides is 4. The van der Waals surface area contributed by atoms with Crippen LogP contribution in [0.15, 0.2) is 85.3 Å². The van der Waals surface area contributed by atoms with Gasteiger partial charge in [-0.25, -0.2) is 9.78 Å². The molecule has 0 aliphatic carbocycles. The van der Waals surface area contributed by atoms with E-state index in [1.54, 1.807) is 27.2 Å². The van der Waals surface area contributed by atoms with E-state index in [4.69, 9.17) is 0 Å². The SMILES string of the molecule is O=C1[C@H](Cc2cnc[nH]2)N2C(=O)CCN(C(=O)NCc3ccccc3)[C@H]2CN1Cc1cccc2ccccc12. The van der Waals surface area contributed by atoms with Gasteiger partial charge in [-0.05, 0) is 21.9 Å². The number of hydrogen-bond donors (Lipinski definition) is 2. The zero-order valence-electron chi connectivity index (χ0n) is 21.5. The Morgan fingerprint density at radius 3 is 2.62 bits per heavy atom. The Morgan fingerprint density at radius 1 is 1.00 bits per heavy atom. The summed E-state index contributed by atoms with van der Waals surface area (Å²) in [4.78, 5) is 52.9. The van der Waals surface area contributed by atoms with Gasteiger partial charge >= 0.3 is 6.03 Å². The first-order valence-corrected chi connectivity index (χ1v) is 13.2. The summed E-state index contributed by atoms with van der Waals surface area (Å²) < 4.78 is 0. The van der Waals surface area contributed by atoms with Crippen molar-refractivity contribution in [2.24, 2.45) is 0 Å². The zero-order valence-corrected chi connectivity index (χ0v) is 21.5. The van der Waals surface area contributed by atoms with Crippen LogP contribution in [-0.4, -0.2) is 67.8 Å². The average Bonchev–Trinajstić information content (AvgIpc) is 3.48. The number of aromatic nitrogens is 2. The fraction of sp³-hybridized carbons (Fsp3) is 0.267. The summed E-state index contributed by atoms with van der Waals surface area (Å²) >= 11 is 0. The minimum absolute atomic E-state index is 0.116. The molecule has 3 aromatic carbocycles. The van der Waals surface area contributed by atoms with E-state index < -0.39 is 12.2 Å². The Kier molecular flexibility index (Phi) is 6.71. The van der Waals surface area contributed by atoms with Crippen molar-refractivity contribution in [1.82, 2.24) is 30.0 Å². The number of hydrogen-bond acceptors (Lipinski definition) is 4. The highest BCUT2D eigenvalue weighted by Crippen LogP contribution is 2.29. The van der Waals surface area contributed by atoms with Crippen molar-refractivity contribution in [1.29, 1.82) is 0 Å². The van der Waals surface area contributed by atoms with Crippen molar-refractivity contribution in [3.8, 4) is 0 Å². The third kappa shape index (κ3) is 4.95. The van der Waals surface area contributed by atoms with Gasteiger partial charge in [-0.3, -0.25) is 9.59 Å². The monoisotopic (exact) mass is 522 g/mol. The number of nitrogens with one attached hydrogen (secondary N) is 2. The highest BCUT2D eigenvalue weighted by Gasteiger charge is 2.48. The standard InChI is InChI=1S/C30H30N6O3/c37-28-13-14-35(30(39)32-16-21-7-2-1-3-8-21)27-19-34(18-23-11-6-10-22-9-4-5-12-25(22)23)29(38)26(36(27)28)15-24-17-31-20-33-24/h1-12,17,20,26-27H,13-16,18-19H2,(H,31,33)(H,32,39)/t26-,27+/m0/s1. The van der Waals surface area contributed by atoms with E-state index in [9.17, 15) is 14.4 Å². The molecule has 4 amide bonds. The second-order valence-electron chi connectivity index (χ2n) is 10.0. The Labute approximate surface area is 226 Å². The van der Waals surface area contributed by atoms with Crippen LogP contribution in [0, 0.1) is 0 Å². The van der Waals surface area contributed by atoms with E-state index >= 15 is 0 Å². The molecule has 0 saturated carbocycles. The smallest absolute Gasteiger partial charge is 0.319 e. The molecule has 4 aromatic rings. The summed E-state index contributed by atoms with van der Waals surface area (Å²) in [5.41, 5.74) is 2.78. The fourth-order valence-corrected chi connectivity index (χ4v) is 5.68. The van der Waals surface area contributed by atoms with Crippen LogP contribution in [0.25, 0.3) is 10.8 Å². The van der Waals surface area contributed by atoms with Crippen molar-refractivity contribution in [2.45, 2.75) is 38.1 Å². The minimum Gasteiger partial charge on any atom is -0.348 e. The van der Waals surface area contributed by atoms with Crippen LogP contribution in [-0.2, 0) is 29.1 Å². The van der Waals surface area contributed by atoms with E-state index in [2.05, 4.69) is 33.5 Å². The van der Waals surface area contributed by atoms with Gasteiger partial charge in [0.25, 0.3) is 0 Å². The van der Waals surface area contributed by atoms with Gasteiger partial charge in [0.15, 0.2) is 0 Å². The molecule has 2 N–H and O–H groups in total. The molecule has 3 heterocycles. The van der Waals surface area contributed by atoms with Crippen LogP contribution in [0.3, 0.4) is 0 Å². The number of aromatic amines is 1. The lowest BCUT2D eigenvalue weighted by atomic mass is 9.98. The van der Waals surface area contributed by atoms with Gasteiger partial charge in [0, 0.05) is 44.4 Å². The third-order valence-corrected chi connectivity index (χ3v) is 7.61. The summed E-state index contributed by atoms with van der Waals surface area (Å²) in [6, 6.07) is 22.9. The first-order valence-electron chi connectivity index (χ1n) is 13.2. The molecule has 0 bridgehead atoms. The van der Waals surface area contributed by atoms with Gasteiger partial charge in [-0.1, -0.05) is 72.8 Å². The van der Waals surface area contributed by atoms with Crippen molar-refractivity contribution in [3.63, 3.8) is 0 Å². The normalized spacial score (nSPS) is 19.3. The van der Waals surface area contributed by atoms with E-state index in [0.29, 0.717) is 26.1 Å². The summed E-state index contributed by atoms with van der Waals surface area (Å²) in [6.07, 6.45) is 3.14. The number of nitrogens with zero attached hydrogens (tertiary/aromatic N) is 4. The highest BCUT2D eigenvalue weighted by molar-refractivity contribution is 5.92. The molecule has 9 nitrogen and oxygen atoms in total. The number of carbonyl (C=O) groups is 3. The maximum absolute atomic E-state index is 14.0. The predicted molar refractivity (Wildman–Crippen MR) is 146 cm³/mol. The number of fused-ring (bicyclic) bond motifs is 2. The van der Waals surface area contributed by atoms with Crippen molar-refractivity contribution >= 4 is 28.6 Å². The van der Waals surface area contributed by atoms with Crippen LogP contribution in [0.4, 0.5) is 4.79 Å². The molecular weight excluding hydrogens is 492 g/mol. The molecular formula is C30H30N6O3. The Balaban J connectivity index is 1.31. The van der Waals surface area contributed by atoms with Crippen molar-refractivity contribution in [2.75, 3.05) is 13.1 Å². The number of benzene rings is 3. The topological polar surface area (TPSA) is 102 Å². The van der Waals surface area contributed by atoms with Crippen molar-refractivity contribution < 1.29 is 14.4 Å². The van der Waals surface area contributed by atoms with Gasteiger partial charge in [0.1, 0.15) is 12.2 Å². The Bertz CT molecular complexity index is 1480. The molecule has 1 aromatic heterocycles. The fourth-order valence-electron chi connectivity index (χ4n) is 5.68. The van der Waals surface area contributed by atoms with Gasteiger partial charge < -0.3 is 25.0 Å². The van der Waals surface area contributed by atoms with Gasteiger partial charge in [0.05, 0.1) is 12.9 Å². The number of imidazole rings is 1. The molecule has 6 rings (SSSR count). The third-order valence-electron chi connectivity index (χ3n) is 7.61. The van der Waals surface area contributed by atoms with E-state index in [0.717, 1.165) is 27.6 Å². The summed E-state index contributed by atoms with van der Waals surface area (Å²) in [5, 5.41) is 5.19. The molecule has 2 atom stereocenters. The second-order valence-corrected chi connectivity index (χ2v) is 10.0. The number of urea groups is 1. The van der Waals surface area contributed by atoms with Gasteiger partial charge in [-0.15, -0.1) is 0 Å². The Hall–Kier alpha value is -4.66. The first kappa shape index (κ1) is 24.7. The quantitative estimate of drug-likeness (QED) is 0.406. The van der Waals surface area contributed by atoms with Gasteiger partial charge in [0.2, 0.25) is 11.8 Å². The van der Waals surface area contributed by atoms with Crippen LogP contribution in [0.1, 0.15) is 23.2 Å². The molecule has 2 aliphatic rings. The molecule has 2 aliphatic heterocycles. The molecule has 0 spiro atoms. The Morgan fingerprint density at radius 2 is 1.79 bits per heavy atom. The highest BCUT2D eigenvalue weighted by atomic mass is 16.2. The predicted octanol–water partition coefficient (Wildman–Crippen LogP) is 3.29. The summed E-state index contributed by atoms with van der Waals surface area (Å²) in [7, 11) is 0. The van der Waals surface area contributed by atoms with E-state index in [1.165, 1.54) is 0 Å². The molecule has 0 radical (unpaired) electrons. The number of H-pyrrole nitrogens is 1. The molecule has 9 heteroatoms. The molecule has 2 fully saturated rings. The van der Waals surface area contributed by atoms with Crippen LogP contribution < -0.4 is 5.32 Å². The lowest BCUT2D eigenvalue weighted by molar-refractivity contribution is -0.167. The zero-order chi connectivity index (χ0) is 26.8. The van der Waals surface area contributed by atoms with Crippen molar-refractivity contribution in [3.05, 3.63) is 102 Å². The van der Waals surface area contributed by atoms with E-state index in [-0.39, 0.29) is 30.8 Å². The minimum atomic E-state index is -0.739. The largest absolute Gasteiger partial charge is 0.348 e. The van der Waals surface area contributed by atoms with Crippen LogP contribution in [0.2, 0.25) is 0 Å². The average molecular weight is 523 g/mol. The van der Waals surface area contributed by atoms with Crippen LogP contribution in [0.5, 0.6) is 0 Å². The second kappa shape index (κ2) is 10.6. The van der Waals surface area contributed by atoms with E-state index in [1.807, 2.05) is 54.6 Å². The number of carbonyl (C=O) groups excluding carboxylic acids is 3. The molecule has 0 unspecified atom stereocenters. The maximum Gasteiger partial charge on any atom is 0.319 e. The van der Waals surface area contributed by atoms with Crippen LogP contribution >= 0.6 is 0 Å². The number of piperazine rings is 1. The first-order chi connectivity index (χ1) is 19.1. The lowest BCUT2D eigenvalue weighted by Crippen LogP contribution is -2.72. The summed E-state index contributed by atoms with van der Waals surface area (Å²) in [6.45, 7) is 1.31. The summed E-state index contributed by atoms with van der Waals surface area (Å²) in [5.74, 6) is -0.247.